The number of hydrogen-bond donors (Lipinski definition) is 1. The molecular formula is C14H25NO3. The number of nitrogens with zero attached hydrogens (tertiary/aromatic N) is 1. The Bertz CT molecular complexity index is 262. The number of rotatable bonds is 5. The Labute approximate surface area is 109 Å². The summed E-state index contributed by atoms with van der Waals surface area (Å²) in [7, 11) is 0. The highest BCUT2D eigenvalue weighted by molar-refractivity contribution is 5.81. The van der Waals surface area contributed by atoms with E-state index in [0.29, 0.717) is 18.5 Å². The lowest BCUT2D eigenvalue weighted by molar-refractivity contribution is -0.125. The van der Waals surface area contributed by atoms with Gasteiger partial charge in [0, 0.05) is 32.0 Å². The van der Waals surface area contributed by atoms with Gasteiger partial charge in [0.25, 0.3) is 0 Å². The summed E-state index contributed by atoms with van der Waals surface area (Å²) >= 11 is 0. The van der Waals surface area contributed by atoms with Gasteiger partial charge in [-0.1, -0.05) is 6.42 Å². The van der Waals surface area contributed by atoms with Crippen LogP contribution in [-0.4, -0.2) is 54.7 Å². The average molecular weight is 255 g/mol. The van der Waals surface area contributed by atoms with Crippen LogP contribution in [0.15, 0.2) is 0 Å². The Morgan fingerprint density at radius 3 is 2.67 bits per heavy atom. The Morgan fingerprint density at radius 2 is 2.00 bits per heavy atom. The first-order chi connectivity index (χ1) is 8.79. The lowest BCUT2D eigenvalue weighted by Crippen LogP contribution is -2.41. The van der Waals surface area contributed by atoms with Crippen LogP contribution in [0.5, 0.6) is 0 Å². The summed E-state index contributed by atoms with van der Waals surface area (Å²) in [5.41, 5.74) is 0. The summed E-state index contributed by atoms with van der Waals surface area (Å²) < 4.78 is 5.55. The topological polar surface area (TPSA) is 49.8 Å². The van der Waals surface area contributed by atoms with E-state index in [1.807, 2.05) is 0 Å². The molecule has 2 fully saturated rings. The maximum Gasteiger partial charge on any atom is 0.137 e. The number of ketones is 1. The van der Waals surface area contributed by atoms with Crippen molar-refractivity contribution < 1.29 is 14.6 Å². The van der Waals surface area contributed by atoms with Gasteiger partial charge in [-0.15, -0.1) is 0 Å². The van der Waals surface area contributed by atoms with Crippen molar-refractivity contribution in [2.45, 2.75) is 44.6 Å². The average Bonchev–Trinajstić information content (AvgIpc) is 2.41. The number of likely N-dealkylation sites (tertiary alicyclic amines) is 1. The van der Waals surface area contributed by atoms with Gasteiger partial charge < -0.3 is 14.7 Å². The number of carbonyl (C=O) groups excluding carboxylic acids is 1. The molecule has 4 heteroatoms. The quantitative estimate of drug-likeness (QED) is 0.802. The van der Waals surface area contributed by atoms with Crippen LogP contribution in [0.1, 0.15) is 38.5 Å². The second-order valence-electron chi connectivity index (χ2n) is 5.50. The molecule has 1 heterocycles. The lowest BCUT2D eigenvalue weighted by atomic mass is 9.87. The zero-order valence-corrected chi connectivity index (χ0v) is 11.1. The fraction of sp³-hybridized carbons (Fsp3) is 0.929. The molecule has 2 aliphatic rings. The molecule has 104 valence electrons. The Kier molecular flexibility index (Phi) is 5.60. The van der Waals surface area contributed by atoms with Gasteiger partial charge >= 0.3 is 0 Å². The van der Waals surface area contributed by atoms with E-state index >= 15 is 0 Å². The van der Waals surface area contributed by atoms with E-state index in [1.165, 1.54) is 6.42 Å². The summed E-state index contributed by atoms with van der Waals surface area (Å²) in [6.07, 6.45) is 6.54. The Balaban J connectivity index is 1.68. The predicted octanol–water partition coefficient (Wildman–Crippen LogP) is 1.22. The second-order valence-corrected chi connectivity index (χ2v) is 5.50. The molecule has 0 bridgehead atoms. The summed E-state index contributed by atoms with van der Waals surface area (Å²) in [5.74, 6) is 0.758. The highest BCUT2D eigenvalue weighted by atomic mass is 16.5. The van der Waals surface area contributed by atoms with Gasteiger partial charge in [-0.25, -0.2) is 0 Å². The van der Waals surface area contributed by atoms with Crippen LogP contribution in [0.2, 0.25) is 0 Å². The van der Waals surface area contributed by atoms with Gasteiger partial charge in [-0.3, -0.25) is 4.79 Å². The number of aliphatic hydroxyl groups excluding tert-OH is 1. The molecule has 0 radical (unpaired) electrons. The minimum absolute atomic E-state index is 0.108. The van der Waals surface area contributed by atoms with E-state index < -0.39 is 0 Å². The molecule has 1 aliphatic carbocycles. The minimum Gasteiger partial charge on any atom is -0.394 e. The molecule has 0 aromatic heterocycles. The third-order valence-corrected chi connectivity index (χ3v) is 4.14. The highest BCUT2D eigenvalue weighted by Crippen LogP contribution is 2.23. The van der Waals surface area contributed by atoms with Gasteiger partial charge in [-0.05, 0) is 25.7 Å². The number of carbonyl (C=O) groups is 1. The van der Waals surface area contributed by atoms with Crippen molar-refractivity contribution in [3.05, 3.63) is 0 Å². The molecule has 1 atom stereocenters. The number of aliphatic hydroxyl groups is 1. The monoisotopic (exact) mass is 255 g/mol. The van der Waals surface area contributed by atoms with E-state index in [9.17, 15) is 4.79 Å². The molecule has 18 heavy (non-hydrogen) atoms. The van der Waals surface area contributed by atoms with Crippen molar-refractivity contribution >= 4 is 5.78 Å². The summed E-state index contributed by atoms with van der Waals surface area (Å²) in [4.78, 5) is 14.2. The highest BCUT2D eigenvalue weighted by Gasteiger charge is 2.26. The van der Waals surface area contributed by atoms with Crippen molar-refractivity contribution in [1.82, 2.24) is 4.90 Å². The summed E-state index contributed by atoms with van der Waals surface area (Å²) in [6.45, 7) is 3.56. The molecule has 1 N–H and O–H groups in total. The van der Waals surface area contributed by atoms with Gasteiger partial charge in [-0.2, -0.15) is 0 Å². The van der Waals surface area contributed by atoms with E-state index in [2.05, 4.69) is 4.90 Å². The molecule has 0 amide bonds. The smallest absolute Gasteiger partial charge is 0.137 e. The number of Topliss-reactive ketones (excluding diaryl/α,β-unsaturated/α-hetero) is 1. The molecule has 1 unspecified atom stereocenters. The maximum absolute atomic E-state index is 11.8. The van der Waals surface area contributed by atoms with Crippen LogP contribution in [0, 0.1) is 5.92 Å². The van der Waals surface area contributed by atoms with Crippen LogP contribution in [-0.2, 0) is 9.53 Å². The SMILES string of the molecule is O=C1CCCCC1CN1CCC(OCCO)CC1. The zero-order valence-electron chi connectivity index (χ0n) is 11.1. The van der Waals surface area contributed by atoms with Crippen LogP contribution in [0.25, 0.3) is 0 Å². The molecular weight excluding hydrogens is 230 g/mol. The first kappa shape index (κ1) is 14.0. The van der Waals surface area contributed by atoms with Gasteiger partial charge in [0.05, 0.1) is 19.3 Å². The first-order valence-electron chi connectivity index (χ1n) is 7.27. The van der Waals surface area contributed by atoms with Crippen molar-refractivity contribution in [3.8, 4) is 0 Å². The van der Waals surface area contributed by atoms with E-state index in [4.69, 9.17) is 9.84 Å². The lowest BCUT2D eigenvalue weighted by Gasteiger charge is -2.34. The molecule has 0 aromatic rings. The second kappa shape index (κ2) is 7.22. The van der Waals surface area contributed by atoms with Crippen molar-refractivity contribution in [1.29, 1.82) is 0 Å². The first-order valence-corrected chi connectivity index (χ1v) is 7.27. The van der Waals surface area contributed by atoms with Gasteiger partial charge in [0.15, 0.2) is 0 Å². The molecule has 0 spiro atoms. The number of hydrogen-bond acceptors (Lipinski definition) is 4. The van der Waals surface area contributed by atoms with E-state index in [1.54, 1.807) is 0 Å². The Hall–Kier alpha value is -0.450. The predicted molar refractivity (Wildman–Crippen MR) is 69.5 cm³/mol. The van der Waals surface area contributed by atoms with E-state index in [0.717, 1.165) is 51.7 Å². The van der Waals surface area contributed by atoms with Crippen LogP contribution < -0.4 is 0 Å². The van der Waals surface area contributed by atoms with Crippen molar-refractivity contribution in [2.24, 2.45) is 5.92 Å². The fourth-order valence-electron chi connectivity index (χ4n) is 3.04. The normalized spacial score (nSPS) is 27.6. The molecule has 1 saturated carbocycles. The molecule has 1 aliphatic heterocycles. The Morgan fingerprint density at radius 1 is 1.22 bits per heavy atom. The summed E-state index contributed by atoms with van der Waals surface area (Å²) in [5, 5.41) is 8.72. The number of piperidine rings is 1. The fourth-order valence-corrected chi connectivity index (χ4v) is 3.04. The zero-order chi connectivity index (χ0) is 12.8. The summed E-state index contributed by atoms with van der Waals surface area (Å²) in [6, 6.07) is 0. The standard InChI is InChI=1S/C14H25NO3/c16-9-10-18-13-5-7-15(8-6-13)11-12-3-1-2-4-14(12)17/h12-13,16H,1-11H2. The van der Waals surface area contributed by atoms with Crippen molar-refractivity contribution in [2.75, 3.05) is 32.8 Å². The third-order valence-electron chi connectivity index (χ3n) is 4.14. The van der Waals surface area contributed by atoms with Crippen LogP contribution >= 0.6 is 0 Å². The van der Waals surface area contributed by atoms with E-state index in [-0.39, 0.29) is 12.5 Å². The van der Waals surface area contributed by atoms with Crippen LogP contribution in [0.3, 0.4) is 0 Å². The molecule has 4 nitrogen and oxygen atoms in total. The molecule has 1 saturated heterocycles. The largest absolute Gasteiger partial charge is 0.394 e. The number of ether oxygens (including phenoxy) is 1. The molecule has 0 aromatic carbocycles. The van der Waals surface area contributed by atoms with Crippen molar-refractivity contribution in [3.63, 3.8) is 0 Å². The minimum atomic E-state index is 0.108. The molecule has 2 rings (SSSR count). The van der Waals surface area contributed by atoms with Gasteiger partial charge in [0.2, 0.25) is 0 Å². The maximum atomic E-state index is 11.8. The van der Waals surface area contributed by atoms with Crippen LogP contribution in [0.4, 0.5) is 0 Å². The third kappa shape index (κ3) is 4.04. The van der Waals surface area contributed by atoms with Gasteiger partial charge in [0.1, 0.15) is 5.78 Å².